The lowest BCUT2D eigenvalue weighted by Crippen LogP contribution is -2.55. The summed E-state index contributed by atoms with van der Waals surface area (Å²) in [6, 6.07) is 7.58. The molecule has 2 saturated heterocycles. The fraction of sp³-hybridized carbons (Fsp3) is 0.611. The van der Waals surface area contributed by atoms with Crippen molar-refractivity contribution >= 4 is 23.7 Å². The van der Waals surface area contributed by atoms with Crippen LogP contribution in [0.2, 0.25) is 0 Å². The van der Waals surface area contributed by atoms with Crippen LogP contribution in [0.1, 0.15) is 70.0 Å². The van der Waals surface area contributed by atoms with Gasteiger partial charge in [0.2, 0.25) is 17.7 Å². The summed E-state index contributed by atoms with van der Waals surface area (Å²) in [6.45, 7) is 3.57. The maximum Gasteiger partial charge on any atom is 0.313 e. The van der Waals surface area contributed by atoms with Gasteiger partial charge in [0.1, 0.15) is 23.7 Å². The molecular formula is C36H49N3O8. The number of nitrogens with zero attached hydrogens (tertiary/aromatic N) is 2. The smallest absolute Gasteiger partial charge is 0.313 e. The Morgan fingerprint density at radius 3 is 2.53 bits per heavy atom. The third-order valence-corrected chi connectivity index (χ3v) is 9.73. The second-order valence-electron chi connectivity index (χ2n) is 12.9. The van der Waals surface area contributed by atoms with Gasteiger partial charge < -0.3 is 34.4 Å². The summed E-state index contributed by atoms with van der Waals surface area (Å²) < 4.78 is 18.6. The molecule has 4 aliphatic rings. The van der Waals surface area contributed by atoms with Crippen molar-refractivity contribution in [3.8, 4) is 0 Å². The van der Waals surface area contributed by atoms with Crippen molar-refractivity contribution in [1.82, 2.24) is 15.1 Å². The van der Waals surface area contributed by atoms with Crippen molar-refractivity contribution in [3.05, 3.63) is 60.2 Å². The van der Waals surface area contributed by atoms with E-state index in [2.05, 4.69) is 12.2 Å². The number of esters is 1. The second kappa shape index (κ2) is 16.0. The van der Waals surface area contributed by atoms with E-state index in [1.54, 1.807) is 22.0 Å². The highest BCUT2D eigenvalue weighted by Crippen LogP contribution is 2.53. The molecular weight excluding hydrogens is 602 g/mol. The standard InChI is InChI=1S/C36H49N3O8/c1-3-4-20-38-21-14-19-36-30(33(42)39(32(36)34(38)43)22-12-5-6-13-23-40)29-27(47-36)17-10-11-18-28(41)37-26(24-45-2)31(46-35(29)44)25-15-8-7-9-16-25/h7-10,14-17,19,26-27,29-32,40H,3-6,11-13,18,20-24H2,1-2H3,(H,37,41)/b17-10-/t26-,27-,29+,30+,31-,32-,36+/m1/s1. The van der Waals surface area contributed by atoms with E-state index in [0.29, 0.717) is 44.5 Å². The number of carbonyl (C=O) groups excluding carboxylic acids is 4. The molecule has 4 aliphatic heterocycles. The van der Waals surface area contributed by atoms with Gasteiger partial charge in [0, 0.05) is 39.8 Å². The van der Waals surface area contributed by atoms with Gasteiger partial charge in [-0.2, -0.15) is 0 Å². The van der Waals surface area contributed by atoms with E-state index < -0.39 is 47.7 Å². The summed E-state index contributed by atoms with van der Waals surface area (Å²) in [5.41, 5.74) is -0.682. The number of aliphatic hydroxyl groups excluding tert-OH is 1. The Morgan fingerprint density at radius 1 is 1.00 bits per heavy atom. The Balaban J connectivity index is 1.55. The monoisotopic (exact) mass is 651 g/mol. The van der Waals surface area contributed by atoms with Crippen molar-refractivity contribution in [2.75, 3.05) is 40.0 Å². The minimum absolute atomic E-state index is 0.0995. The van der Waals surface area contributed by atoms with Crippen LogP contribution in [0, 0.1) is 11.8 Å². The van der Waals surface area contributed by atoms with Crippen LogP contribution in [-0.4, -0.2) is 102 Å². The van der Waals surface area contributed by atoms with E-state index in [-0.39, 0.29) is 37.4 Å². The highest BCUT2D eigenvalue weighted by molar-refractivity contribution is 5.99. The number of aliphatic hydroxyl groups is 1. The lowest BCUT2D eigenvalue weighted by Gasteiger charge is -2.35. The lowest BCUT2D eigenvalue weighted by molar-refractivity contribution is -0.162. The number of cyclic esters (lactones) is 1. The molecule has 2 fully saturated rings. The van der Waals surface area contributed by atoms with Crippen LogP contribution in [-0.2, 0) is 33.4 Å². The largest absolute Gasteiger partial charge is 0.455 e. The first-order valence-electron chi connectivity index (χ1n) is 17.1. The highest BCUT2D eigenvalue weighted by Gasteiger charge is 2.71. The van der Waals surface area contributed by atoms with E-state index in [0.717, 1.165) is 25.7 Å². The van der Waals surface area contributed by atoms with E-state index >= 15 is 0 Å². The Morgan fingerprint density at radius 2 is 1.79 bits per heavy atom. The summed E-state index contributed by atoms with van der Waals surface area (Å²) in [5.74, 6) is -3.31. The average Bonchev–Trinajstić information content (AvgIpc) is 3.45. The van der Waals surface area contributed by atoms with Crippen LogP contribution in [0.5, 0.6) is 0 Å². The summed E-state index contributed by atoms with van der Waals surface area (Å²) in [6.07, 6.45) is 10.8. The van der Waals surface area contributed by atoms with Crippen LogP contribution < -0.4 is 5.32 Å². The van der Waals surface area contributed by atoms with Crippen molar-refractivity contribution in [1.29, 1.82) is 0 Å². The Kier molecular flexibility index (Phi) is 11.9. The lowest BCUT2D eigenvalue weighted by atomic mass is 9.77. The fourth-order valence-electron chi connectivity index (χ4n) is 7.47. The second-order valence-corrected chi connectivity index (χ2v) is 12.9. The molecule has 0 saturated carbocycles. The van der Waals surface area contributed by atoms with Gasteiger partial charge in [0.25, 0.3) is 0 Å². The number of nitrogens with one attached hydrogen (secondary N) is 1. The van der Waals surface area contributed by atoms with Crippen molar-refractivity contribution in [3.63, 3.8) is 0 Å². The van der Waals surface area contributed by atoms with Crippen LogP contribution in [0.15, 0.2) is 54.6 Å². The molecule has 3 amide bonds. The molecule has 4 heterocycles. The molecule has 7 atom stereocenters. The van der Waals surface area contributed by atoms with Crippen LogP contribution in [0.25, 0.3) is 0 Å². The summed E-state index contributed by atoms with van der Waals surface area (Å²) in [5, 5.41) is 12.2. The quantitative estimate of drug-likeness (QED) is 0.200. The van der Waals surface area contributed by atoms with Gasteiger partial charge in [-0.25, -0.2) is 0 Å². The topological polar surface area (TPSA) is 135 Å². The zero-order valence-corrected chi connectivity index (χ0v) is 27.6. The van der Waals surface area contributed by atoms with Gasteiger partial charge in [-0.3, -0.25) is 19.2 Å². The van der Waals surface area contributed by atoms with Crippen LogP contribution in [0.3, 0.4) is 0 Å². The zero-order valence-electron chi connectivity index (χ0n) is 27.6. The molecule has 2 N–H and O–H groups in total. The fourth-order valence-corrected chi connectivity index (χ4v) is 7.47. The molecule has 256 valence electrons. The predicted molar refractivity (Wildman–Crippen MR) is 174 cm³/mol. The first kappa shape index (κ1) is 34.8. The maximum atomic E-state index is 14.6. The van der Waals surface area contributed by atoms with Gasteiger partial charge in [-0.15, -0.1) is 0 Å². The van der Waals surface area contributed by atoms with Crippen molar-refractivity contribution in [2.24, 2.45) is 11.8 Å². The Bertz CT molecular complexity index is 1320. The predicted octanol–water partition coefficient (Wildman–Crippen LogP) is 3.08. The molecule has 11 nitrogen and oxygen atoms in total. The molecule has 0 aliphatic carbocycles. The Hall–Kier alpha value is -3.54. The van der Waals surface area contributed by atoms with E-state index in [4.69, 9.17) is 14.2 Å². The first-order valence-corrected chi connectivity index (χ1v) is 17.1. The zero-order chi connectivity index (χ0) is 33.4. The number of rotatable bonds is 12. The number of fused-ring (bicyclic) bond motifs is 2. The number of hydrogen-bond donors (Lipinski definition) is 2. The minimum atomic E-state index is -1.36. The highest BCUT2D eigenvalue weighted by atomic mass is 16.6. The molecule has 1 aromatic rings. The molecule has 0 unspecified atom stereocenters. The van der Waals surface area contributed by atoms with Gasteiger partial charge >= 0.3 is 5.97 Å². The Labute approximate surface area is 277 Å². The number of likely N-dealkylation sites (tertiary alicyclic amines) is 1. The molecule has 11 heteroatoms. The number of carbonyl (C=O) groups is 4. The third kappa shape index (κ3) is 7.32. The molecule has 0 bridgehead atoms. The number of ether oxygens (including phenoxy) is 3. The molecule has 0 aromatic heterocycles. The number of methoxy groups -OCH3 is 1. The van der Waals surface area contributed by atoms with Gasteiger partial charge in [0.05, 0.1) is 24.7 Å². The first-order chi connectivity index (χ1) is 22.9. The number of benzene rings is 1. The van der Waals surface area contributed by atoms with Gasteiger partial charge in [-0.05, 0) is 31.2 Å². The van der Waals surface area contributed by atoms with Crippen LogP contribution in [0.4, 0.5) is 0 Å². The summed E-state index contributed by atoms with van der Waals surface area (Å²) >= 11 is 0. The number of allylic oxidation sites excluding steroid dienone is 1. The minimum Gasteiger partial charge on any atom is -0.455 e. The SMILES string of the molecule is CCCCN1CC=C[C@]23O[C@@H]4/C=C\CCC(=O)N[C@H](COC)[C@@H](c5ccccc5)OC(=O)[C@@H]4[C@H]2C(=O)N(CCCCCCO)[C@@H]3C1=O. The molecule has 1 aromatic carbocycles. The third-order valence-electron chi connectivity index (χ3n) is 9.73. The summed E-state index contributed by atoms with van der Waals surface area (Å²) in [4.78, 5) is 59.8. The molecule has 47 heavy (non-hydrogen) atoms. The molecule has 5 rings (SSSR count). The average molecular weight is 652 g/mol. The molecule has 1 spiro atoms. The summed E-state index contributed by atoms with van der Waals surface area (Å²) in [7, 11) is 1.52. The van der Waals surface area contributed by atoms with Gasteiger partial charge in [-0.1, -0.05) is 80.8 Å². The maximum absolute atomic E-state index is 14.6. The number of unbranched alkanes of at least 4 members (excludes halogenated alkanes) is 4. The van der Waals surface area contributed by atoms with Gasteiger partial charge in [0.15, 0.2) is 0 Å². The number of hydrogen-bond acceptors (Lipinski definition) is 8. The van der Waals surface area contributed by atoms with Crippen molar-refractivity contribution in [2.45, 2.75) is 88.2 Å². The number of amides is 3. The normalized spacial score (nSPS) is 31.6. The van der Waals surface area contributed by atoms with Crippen LogP contribution >= 0.6 is 0 Å². The van der Waals surface area contributed by atoms with E-state index in [1.807, 2.05) is 42.5 Å². The molecule has 0 radical (unpaired) electrons. The van der Waals surface area contributed by atoms with E-state index in [9.17, 15) is 24.3 Å². The van der Waals surface area contributed by atoms with E-state index in [1.165, 1.54) is 7.11 Å². The van der Waals surface area contributed by atoms with Crippen molar-refractivity contribution < 1.29 is 38.5 Å².